The molecule has 0 radical (unpaired) electrons. The van der Waals surface area contributed by atoms with E-state index in [0.717, 1.165) is 30.4 Å². The lowest BCUT2D eigenvalue weighted by atomic mass is 9.86. The van der Waals surface area contributed by atoms with Gasteiger partial charge in [0, 0.05) is 19.7 Å². The third kappa shape index (κ3) is 2.58. The zero-order valence-corrected chi connectivity index (χ0v) is 10.9. The van der Waals surface area contributed by atoms with Gasteiger partial charge in [-0.15, -0.1) is 0 Å². The van der Waals surface area contributed by atoms with Crippen LogP contribution in [0.4, 0.5) is 0 Å². The monoisotopic (exact) mass is 226 g/mol. The number of piperidine rings is 1. The van der Waals surface area contributed by atoms with Crippen LogP contribution in [0.3, 0.4) is 0 Å². The van der Waals surface area contributed by atoms with E-state index in [2.05, 4.69) is 24.1 Å². The van der Waals surface area contributed by atoms with Gasteiger partial charge in [0.25, 0.3) is 0 Å². The molecule has 0 amide bonds. The average molecular weight is 226 g/mol. The number of likely N-dealkylation sites (tertiary alicyclic amines) is 1. The maximum Gasteiger partial charge on any atom is 0.0503 e. The Balaban J connectivity index is 1.91. The van der Waals surface area contributed by atoms with E-state index in [9.17, 15) is 0 Å². The van der Waals surface area contributed by atoms with E-state index < -0.39 is 0 Å². The molecule has 94 valence electrons. The minimum absolute atomic E-state index is 0.763. The Morgan fingerprint density at radius 3 is 2.56 bits per heavy atom. The van der Waals surface area contributed by atoms with Crippen LogP contribution in [0.1, 0.15) is 20.3 Å². The third-order valence-corrected chi connectivity index (χ3v) is 4.24. The molecule has 2 aliphatic heterocycles. The molecular weight excluding hydrogens is 200 g/mol. The number of rotatable bonds is 3. The van der Waals surface area contributed by atoms with Crippen molar-refractivity contribution in [2.24, 2.45) is 17.8 Å². The van der Waals surface area contributed by atoms with Crippen LogP contribution in [-0.4, -0.2) is 50.8 Å². The highest BCUT2D eigenvalue weighted by Crippen LogP contribution is 2.28. The smallest absolute Gasteiger partial charge is 0.0503 e. The molecule has 2 fully saturated rings. The Morgan fingerprint density at radius 1 is 1.25 bits per heavy atom. The summed E-state index contributed by atoms with van der Waals surface area (Å²) in [5.41, 5.74) is 0. The van der Waals surface area contributed by atoms with Gasteiger partial charge in [0.2, 0.25) is 0 Å². The summed E-state index contributed by atoms with van der Waals surface area (Å²) in [4.78, 5) is 2.71. The van der Waals surface area contributed by atoms with Crippen LogP contribution in [0, 0.1) is 17.8 Å². The zero-order valence-electron chi connectivity index (χ0n) is 10.9. The minimum Gasteiger partial charge on any atom is -0.384 e. The van der Waals surface area contributed by atoms with Crippen molar-refractivity contribution >= 4 is 0 Å². The second-order valence-corrected chi connectivity index (χ2v) is 5.71. The lowest BCUT2D eigenvalue weighted by Gasteiger charge is -2.41. The fourth-order valence-electron chi connectivity index (χ4n) is 3.57. The van der Waals surface area contributed by atoms with Crippen molar-refractivity contribution in [2.75, 3.05) is 39.9 Å². The van der Waals surface area contributed by atoms with Crippen LogP contribution in [0.2, 0.25) is 0 Å². The Hall–Kier alpha value is -0.120. The molecule has 0 aromatic carbocycles. The van der Waals surface area contributed by atoms with Gasteiger partial charge in [-0.05, 0) is 43.8 Å². The van der Waals surface area contributed by atoms with Crippen LogP contribution in [0.5, 0.6) is 0 Å². The van der Waals surface area contributed by atoms with Crippen molar-refractivity contribution in [2.45, 2.75) is 26.3 Å². The number of nitrogens with zero attached hydrogens (tertiary/aromatic N) is 1. The molecule has 3 atom stereocenters. The topological polar surface area (TPSA) is 24.5 Å². The van der Waals surface area contributed by atoms with E-state index in [1.807, 2.05) is 7.11 Å². The van der Waals surface area contributed by atoms with Gasteiger partial charge in [-0.25, -0.2) is 0 Å². The highest BCUT2D eigenvalue weighted by molar-refractivity contribution is 4.91. The first-order valence-electron chi connectivity index (χ1n) is 6.66. The van der Waals surface area contributed by atoms with Gasteiger partial charge in [-0.1, -0.05) is 13.8 Å². The summed E-state index contributed by atoms with van der Waals surface area (Å²) in [5.74, 6) is 2.33. The molecule has 0 saturated carbocycles. The lowest BCUT2D eigenvalue weighted by molar-refractivity contribution is 0.0886. The Bertz CT molecular complexity index is 212. The van der Waals surface area contributed by atoms with Crippen molar-refractivity contribution in [3.05, 3.63) is 0 Å². The summed E-state index contributed by atoms with van der Waals surface area (Å²) in [6, 6.07) is 0.781. The van der Waals surface area contributed by atoms with Gasteiger partial charge in [-0.3, -0.25) is 4.90 Å². The molecule has 0 aromatic heterocycles. The first kappa shape index (κ1) is 12.3. The zero-order chi connectivity index (χ0) is 11.5. The molecule has 2 heterocycles. The molecule has 3 heteroatoms. The molecule has 2 aliphatic rings. The van der Waals surface area contributed by atoms with Crippen LogP contribution in [0.25, 0.3) is 0 Å². The van der Waals surface area contributed by atoms with Gasteiger partial charge in [-0.2, -0.15) is 0 Å². The maximum atomic E-state index is 5.28. The molecule has 0 spiro atoms. The van der Waals surface area contributed by atoms with E-state index in [1.54, 1.807) is 0 Å². The summed E-state index contributed by atoms with van der Waals surface area (Å²) in [7, 11) is 1.82. The van der Waals surface area contributed by atoms with Crippen LogP contribution in [-0.2, 0) is 4.74 Å². The molecule has 0 aromatic rings. The quantitative estimate of drug-likeness (QED) is 0.782. The Kier molecular flexibility index (Phi) is 4.22. The van der Waals surface area contributed by atoms with Crippen molar-refractivity contribution in [3.8, 4) is 0 Å². The summed E-state index contributed by atoms with van der Waals surface area (Å²) >= 11 is 0. The minimum atomic E-state index is 0.763. The first-order chi connectivity index (χ1) is 7.72. The van der Waals surface area contributed by atoms with Crippen molar-refractivity contribution < 1.29 is 4.74 Å². The van der Waals surface area contributed by atoms with Crippen molar-refractivity contribution in [1.29, 1.82) is 0 Å². The van der Waals surface area contributed by atoms with Gasteiger partial charge in [0.05, 0.1) is 6.61 Å². The molecule has 2 rings (SSSR count). The van der Waals surface area contributed by atoms with E-state index in [0.29, 0.717) is 0 Å². The first-order valence-corrected chi connectivity index (χ1v) is 6.66. The normalized spacial score (nSPS) is 41.4. The number of nitrogens with one attached hydrogen (secondary N) is 1. The van der Waals surface area contributed by atoms with Crippen LogP contribution in [0.15, 0.2) is 0 Å². The van der Waals surface area contributed by atoms with E-state index in [4.69, 9.17) is 4.74 Å². The van der Waals surface area contributed by atoms with E-state index in [1.165, 1.54) is 32.6 Å². The summed E-state index contributed by atoms with van der Waals surface area (Å²) in [6.45, 7) is 10.6. The van der Waals surface area contributed by atoms with Crippen LogP contribution >= 0.6 is 0 Å². The highest BCUT2D eigenvalue weighted by atomic mass is 16.5. The maximum absolute atomic E-state index is 5.28. The van der Waals surface area contributed by atoms with Gasteiger partial charge >= 0.3 is 0 Å². The van der Waals surface area contributed by atoms with Crippen LogP contribution < -0.4 is 5.32 Å². The molecular formula is C13H26N2O. The largest absolute Gasteiger partial charge is 0.384 e. The number of hydrogen-bond acceptors (Lipinski definition) is 3. The number of ether oxygens (including phenoxy) is 1. The highest BCUT2D eigenvalue weighted by Gasteiger charge is 2.36. The van der Waals surface area contributed by atoms with E-state index >= 15 is 0 Å². The third-order valence-electron chi connectivity index (χ3n) is 4.24. The number of methoxy groups -OCH3 is 1. The second-order valence-electron chi connectivity index (χ2n) is 5.71. The number of hydrogen-bond donors (Lipinski definition) is 1. The molecule has 16 heavy (non-hydrogen) atoms. The van der Waals surface area contributed by atoms with Gasteiger partial charge < -0.3 is 10.1 Å². The summed E-state index contributed by atoms with van der Waals surface area (Å²) in [6.07, 6.45) is 1.32. The predicted molar refractivity (Wildman–Crippen MR) is 66.5 cm³/mol. The molecule has 1 N–H and O–H groups in total. The molecule has 3 unspecified atom stereocenters. The Labute approximate surface area is 99.5 Å². The molecule has 0 bridgehead atoms. The molecule has 0 aliphatic carbocycles. The van der Waals surface area contributed by atoms with Crippen molar-refractivity contribution in [1.82, 2.24) is 10.2 Å². The fraction of sp³-hybridized carbons (Fsp3) is 1.00. The predicted octanol–water partition coefficient (Wildman–Crippen LogP) is 1.20. The summed E-state index contributed by atoms with van der Waals surface area (Å²) < 4.78 is 5.28. The van der Waals surface area contributed by atoms with Gasteiger partial charge in [0.15, 0.2) is 0 Å². The second kappa shape index (κ2) is 5.48. The summed E-state index contributed by atoms with van der Waals surface area (Å²) in [5, 5.41) is 3.52. The average Bonchev–Trinajstić information content (AvgIpc) is 2.67. The fourth-order valence-corrected chi connectivity index (χ4v) is 3.57. The molecule has 2 saturated heterocycles. The SMILES string of the molecule is COCC1CCN(C2C(C)CNCC2C)C1. The molecule has 3 nitrogen and oxygen atoms in total. The lowest BCUT2D eigenvalue weighted by Crippen LogP contribution is -2.53. The Morgan fingerprint density at radius 2 is 1.94 bits per heavy atom. The van der Waals surface area contributed by atoms with Crippen molar-refractivity contribution in [3.63, 3.8) is 0 Å². The standard InChI is InChI=1S/C13H26N2O/c1-10-6-14-7-11(2)13(10)15-5-4-12(8-15)9-16-3/h10-14H,4-9H2,1-3H3. The van der Waals surface area contributed by atoms with Gasteiger partial charge in [0.1, 0.15) is 0 Å². The van der Waals surface area contributed by atoms with E-state index in [-0.39, 0.29) is 0 Å².